The molecule has 0 unspecified atom stereocenters. The van der Waals surface area contributed by atoms with E-state index in [1.165, 1.54) is 0 Å². The first kappa shape index (κ1) is 13.3. The molecule has 2 nitrogen and oxygen atoms in total. The fourth-order valence-corrected chi connectivity index (χ4v) is 3.13. The summed E-state index contributed by atoms with van der Waals surface area (Å²) in [6.45, 7) is 0.558. The molecular formula is C16H13ClN2S. The number of rotatable bonds is 3. The second-order valence-corrected chi connectivity index (χ2v) is 5.68. The van der Waals surface area contributed by atoms with Gasteiger partial charge < -0.3 is 5.73 Å². The zero-order chi connectivity index (χ0) is 13.9. The van der Waals surface area contributed by atoms with Crippen molar-refractivity contribution in [2.75, 3.05) is 0 Å². The van der Waals surface area contributed by atoms with E-state index in [2.05, 4.69) is 10.4 Å². The number of aromatic nitrogens is 1. The topological polar surface area (TPSA) is 38.9 Å². The predicted octanol–water partition coefficient (Wildman–Crippen LogP) is 4.59. The Balaban J connectivity index is 1.95. The summed E-state index contributed by atoms with van der Waals surface area (Å²) in [7, 11) is 0. The van der Waals surface area contributed by atoms with Crippen LogP contribution in [-0.2, 0) is 6.54 Å². The largest absolute Gasteiger partial charge is 0.326 e. The molecule has 0 saturated heterocycles. The van der Waals surface area contributed by atoms with Gasteiger partial charge >= 0.3 is 0 Å². The van der Waals surface area contributed by atoms with Crippen LogP contribution in [0.3, 0.4) is 0 Å². The van der Waals surface area contributed by atoms with Gasteiger partial charge in [-0.15, -0.1) is 11.3 Å². The molecule has 3 aromatic rings. The highest BCUT2D eigenvalue weighted by atomic mass is 35.5. The van der Waals surface area contributed by atoms with Crippen molar-refractivity contribution >= 4 is 22.9 Å². The van der Waals surface area contributed by atoms with Crippen LogP contribution in [-0.4, -0.2) is 4.98 Å². The van der Waals surface area contributed by atoms with Gasteiger partial charge in [0.1, 0.15) is 5.01 Å². The van der Waals surface area contributed by atoms with Crippen LogP contribution in [0.5, 0.6) is 0 Å². The van der Waals surface area contributed by atoms with Gasteiger partial charge in [-0.3, -0.25) is 0 Å². The summed E-state index contributed by atoms with van der Waals surface area (Å²) in [4.78, 5) is 4.67. The van der Waals surface area contributed by atoms with E-state index in [1.807, 2.05) is 48.5 Å². The molecule has 3 rings (SSSR count). The molecule has 0 aliphatic carbocycles. The maximum absolute atomic E-state index is 6.21. The molecule has 1 heterocycles. The van der Waals surface area contributed by atoms with Gasteiger partial charge in [-0.2, -0.15) is 0 Å². The Bertz CT molecular complexity index is 719. The van der Waals surface area contributed by atoms with E-state index in [9.17, 15) is 0 Å². The lowest BCUT2D eigenvalue weighted by molar-refractivity contribution is 1.07. The van der Waals surface area contributed by atoms with E-state index in [0.29, 0.717) is 6.54 Å². The average molecular weight is 301 g/mol. The van der Waals surface area contributed by atoms with Crippen LogP contribution in [0.15, 0.2) is 53.9 Å². The minimum absolute atomic E-state index is 0.558. The van der Waals surface area contributed by atoms with Gasteiger partial charge in [0.05, 0.1) is 10.7 Å². The highest BCUT2D eigenvalue weighted by molar-refractivity contribution is 7.13. The van der Waals surface area contributed by atoms with Crippen LogP contribution in [0.1, 0.15) is 5.56 Å². The van der Waals surface area contributed by atoms with Crippen LogP contribution in [0, 0.1) is 0 Å². The molecule has 1 aromatic heterocycles. The SMILES string of the molecule is NCc1ccc(-c2csc(-c3ccccc3Cl)n2)cc1. The molecule has 0 amide bonds. The number of benzene rings is 2. The fourth-order valence-electron chi connectivity index (χ4n) is 1.98. The van der Waals surface area contributed by atoms with E-state index >= 15 is 0 Å². The first-order valence-electron chi connectivity index (χ1n) is 6.28. The summed E-state index contributed by atoms with van der Waals surface area (Å²) >= 11 is 7.81. The Morgan fingerprint density at radius 3 is 2.50 bits per heavy atom. The Labute approximate surface area is 126 Å². The van der Waals surface area contributed by atoms with Crippen molar-refractivity contribution in [3.63, 3.8) is 0 Å². The predicted molar refractivity (Wildman–Crippen MR) is 85.9 cm³/mol. The van der Waals surface area contributed by atoms with Crippen molar-refractivity contribution in [3.05, 3.63) is 64.5 Å². The van der Waals surface area contributed by atoms with Crippen molar-refractivity contribution in [1.29, 1.82) is 0 Å². The lowest BCUT2D eigenvalue weighted by Gasteiger charge is -2.00. The fraction of sp³-hybridized carbons (Fsp3) is 0.0625. The summed E-state index contributed by atoms with van der Waals surface area (Å²) in [6, 6.07) is 15.9. The summed E-state index contributed by atoms with van der Waals surface area (Å²) in [5.74, 6) is 0. The first-order chi connectivity index (χ1) is 9.78. The molecule has 4 heteroatoms. The van der Waals surface area contributed by atoms with Crippen molar-refractivity contribution in [3.8, 4) is 21.8 Å². The quantitative estimate of drug-likeness (QED) is 0.768. The van der Waals surface area contributed by atoms with Crippen LogP contribution < -0.4 is 5.73 Å². The number of nitrogens with two attached hydrogens (primary N) is 1. The van der Waals surface area contributed by atoms with Gasteiger partial charge in [-0.05, 0) is 11.6 Å². The number of hydrogen-bond acceptors (Lipinski definition) is 3. The third-order valence-corrected chi connectivity index (χ3v) is 4.30. The second kappa shape index (κ2) is 5.75. The molecule has 20 heavy (non-hydrogen) atoms. The van der Waals surface area contributed by atoms with Gasteiger partial charge in [-0.1, -0.05) is 54.1 Å². The van der Waals surface area contributed by atoms with E-state index < -0.39 is 0 Å². The lowest BCUT2D eigenvalue weighted by atomic mass is 10.1. The highest BCUT2D eigenvalue weighted by Crippen LogP contribution is 2.32. The summed E-state index contributed by atoms with van der Waals surface area (Å²) < 4.78 is 0. The molecule has 0 saturated carbocycles. The summed E-state index contributed by atoms with van der Waals surface area (Å²) in [5, 5.41) is 3.72. The van der Waals surface area contributed by atoms with E-state index in [4.69, 9.17) is 17.3 Å². The molecule has 2 N–H and O–H groups in total. The molecular weight excluding hydrogens is 288 g/mol. The molecule has 0 aliphatic heterocycles. The molecule has 0 atom stereocenters. The molecule has 0 aliphatic rings. The Morgan fingerprint density at radius 1 is 1.05 bits per heavy atom. The average Bonchev–Trinajstić information content (AvgIpc) is 2.97. The van der Waals surface area contributed by atoms with Crippen LogP contribution in [0.4, 0.5) is 0 Å². The minimum Gasteiger partial charge on any atom is -0.326 e. The normalized spacial score (nSPS) is 10.7. The third-order valence-electron chi connectivity index (χ3n) is 3.09. The molecule has 100 valence electrons. The Kier molecular flexibility index (Phi) is 3.83. The highest BCUT2D eigenvalue weighted by Gasteiger charge is 2.09. The smallest absolute Gasteiger partial charge is 0.125 e. The second-order valence-electron chi connectivity index (χ2n) is 4.42. The Morgan fingerprint density at radius 2 is 1.80 bits per heavy atom. The zero-order valence-corrected chi connectivity index (χ0v) is 12.3. The van der Waals surface area contributed by atoms with Gasteiger partial charge in [0, 0.05) is 23.1 Å². The number of hydrogen-bond donors (Lipinski definition) is 1. The monoisotopic (exact) mass is 300 g/mol. The van der Waals surface area contributed by atoms with Gasteiger partial charge in [0.2, 0.25) is 0 Å². The van der Waals surface area contributed by atoms with E-state index in [1.54, 1.807) is 11.3 Å². The van der Waals surface area contributed by atoms with Gasteiger partial charge in [0.25, 0.3) is 0 Å². The number of halogens is 1. The summed E-state index contributed by atoms with van der Waals surface area (Å²) in [5.41, 5.74) is 9.76. The first-order valence-corrected chi connectivity index (χ1v) is 7.53. The van der Waals surface area contributed by atoms with Gasteiger partial charge in [0.15, 0.2) is 0 Å². The molecule has 0 fully saturated rings. The Hall–Kier alpha value is -1.68. The summed E-state index contributed by atoms with van der Waals surface area (Å²) in [6.07, 6.45) is 0. The lowest BCUT2D eigenvalue weighted by Crippen LogP contribution is -1.95. The minimum atomic E-state index is 0.558. The van der Waals surface area contributed by atoms with Crippen molar-refractivity contribution < 1.29 is 0 Å². The molecule has 0 bridgehead atoms. The van der Waals surface area contributed by atoms with E-state index in [0.717, 1.165) is 32.4 Å². The molecule has 2 aromatic carbocycles. The number of nitrogens with zero attached hydrogens (tertiary/aromatic N) is 1. The maximum Gasteiger partial charge on any atom is 0.125 e. The standard InChI is InChI=1S/C16H13ClN2S/c17-14-4-2-1-3-13(14)16-19-15(10-20-16)12-7-5-11(9-18)6-8-12/h1-8,10H,9,18H2. The van der Waals surface area contributed by atoms with Crippen LogP contribution in [0.2, 0.25) is 5.02 Å². The molecule has 0 spiro atoms. The van der Waals surface area contributed by atoms with E-state index in [-0.39, 0.29) is 0 Å². The van der Waals surface area contributed by atoms with Crippen molar-refractivity contribution in [2.24, 2.45) is 5.73 Å². The molecule has 0 radical (unpaired) electrons. The van der Waals surface area contributed by atoms with Gasteiger partial charge in [-0.25, -0.2) is 4.98 Å². The maximum atomic E-state index is 6.21. The van der Waals surface area contributed by atoms with Crippen LogP contribution >= 0.6 is 22.9 Å². The van der Waals surface area contributed by atoms with Crippen molar-refractivity contribution in [1.82, 2.24) is 4.98 Å². The van der Waals surface area contributed by atoms with Crippen LogP contribution in [0.25, 0.3) is 21.8 Å². The van der Waals surface area contributed by atoms with Crippen molar-refractivity contribution in [2.45, 2.75) is 6.54 Å². The number of thiazole rings is 1. The zero-order valence-electron chi connectivity index (χ0n) is 10.7. The third kappa shape index (κ3) is 2.61.